The quantitative estimate of drug-likeness (QED) is 0.771. The molecule has 0 saturated heterocycles. The van der Waals surface area contributed by atoms with Crippen LogP contribution in [0.1, 0.15) is 11.1 Å². The number of hydrogen-bond donors (Lipinski definition) is 0. The monoisotopic (exact) mass is 349 g/mol. The molecule has 6 heteroatoms. The van der Waals surface area contributed by atoms with Crippen molar-refractivity contribution < 1.29 is 17.9 Å². The van der Waals surface area contributed by atoms with E-state index in [-0.39, 0.29) is 18.0 Å². The van der Waals surface area contributed by atoms with Crippen molar-refractivity contribution in [2.75, 3.05) is 27.3 Å². The van der Waals surface area contributed by atoms with Crippen molar-refractivity contribution in [3.05, 3.63) is 53.6 Å². The molecule has 2 aromatic rings. The molecule has 0 aliphatic heterocycles. The zero-order valence-corrected chi connectivity index (χ0v) is 15.3. The number of likely N-dealkylation sites (N-methyl/N-ethyl adjacent to an activating group) is 1. The van der Waals surface area contributed by atoms with Gasteiger partial charge in [0.15, 0.2) is 0 Å². The summed E-state index contributed by atoms with van der Waals surface area (Å²) in [4.78, 5) is 0.234. The largest absolute Gasteiger partial charge is 0.497 e. The molecule has 0 fully saturated rings. The molecule has 130 valence electrons. The van der Waals surface area contributed by atoms with Crippen molar-refractivity contribution in [3.63, 3.8) is 0 Å². The fourth-order valence-corrected chi connectivity index (χ4v) is 3.35. The smallest absolute Gasteiger partial charge is 0.242 e. The molecule has 5 nitrogen and oxygen atoms in total. The van der Waals surface area contributed by atoms with Crippen LogP contribution in [-0.4, -0.2) is 40.0 Å². The highest BCUT2D eigenvalue weighted by Crippen LogP contribution is 2.20. The summed E-state index contributed by atoms with van der Waals surface area (Å²) in [7, 11) is -0.449. The van der Waals surface area contributed by atoms with Crippen molar-refractivity contribution >= 4 is 10.0 Å². The third-order valence-electron chi connectivity index (χ3n) is 3.78. The van der Waals surface area contributed by atoms with Gasteiger partial charge >= 0.3 is 0 Å². The lowest BCUT2D eigenvalue weighted by Crippen LogP contribution is -2.31. The zero-order valence-electron chi connectivity index (χ0n) is 14.4. The molecule has 0 amide bonds. The molecule has 2 aromatic carbocycles. The van der Waals surface area contributed by atoms with Crippen LogP contribution in [0.5, 0.6) is 11.5 Å². The minimum Gasteiger partial charge on any atom is -0.497 e. The first-order valence-corrected chi connectivity index (χ1v) is 9.09. The first-order valence-electron chi connectivity index (χ1n) is 7.65. The molecule has 0 aromatic heterocycles. The van der Waals surface area contributed by atoms with Gasteiger partial charge in [0.2, 0.25) is 10.0 Å². The van der Waals surface area contributed by atoms with Crippen molar-refractivity contribution in [1.29, 1.82) is 0 Å². The molecule has 0 N–H and O–H groups in total. The first kappa shape index (κ1) is 18.3. The average Bonchev–Trinajstić information content (AvgIpc) is 2.57. The lowest BCUT2D eigenvalue weighted by molar-refractivity contribution is 0.285. The Morgan fingerprint density at radius 1 is 1.04 bits per heavy atom. The molecule has 0 atom stereocenters. The molecule has 24 heavy (non-hydrogen) atoms. The second-order valence-electron chi connectivity index (χ2n) is 5.62. The predicted molar refractivity (Wildman–Crippen MR) is 94.2 cm³/mol. The maximum absolute atomic E-state index is 12.5. The molecule has 0 radical (unpaired) electrons. The molecule has 2 rings (SSSR count). The Morgan fingerprint density at radius 3 is 2.33 bits per heavy atom. The summed E-state index contributed by atoms with van der Waals surface area (Å²) in [6.07, 6.45) is 0. The van der Waals surface area contributed by atoms with Gasteiger partial charge in [0.25, 0.3) is 0 Å². The Bertz CT molecular complexity index is 785. The zero-order chi connectivity index (χ0) is 17.7. The Morgan fingerprint density at radius 2 is 1.71 bits per heavy atom. The Hall–Kier alpha value is -2.05. The maximum Gasteiger partial charge on any atom is 0.242 e. The van der Waals surface area contributed by atoms with E-state index in [9.17, 15) is 8.42 Å². The Labute approximate surface area is 143 Å². The van der Waals surface area contributed by atoms with Gasteiger partial charge in [0.1, 0.15) is 18.1 Å². The van der Waals surface area contributed by atoms with E-state index in [1.807, 2.05) is 32.0 Å². The van der Waals surface area contributed by atoms with E-state index in [0.717, 1.165) is 16.9 Å². The topological polar surface area (TPSA) is 55.8 Å². The maximum atomic E-state index is 12.5. The molecule has 0 spiro atoms. The molecular formula is C18H23NO4S. The third-order valence-corrected chi connectivity index (χ3v) is 5.65. The number of hydrogen-bond acceptors (Lipinski definition) is 4. The van der Waals surface area contributed by atoms with Crippen molar-refractivity contribution in [3.8, 4) is 11.5 Å². The summed E-state index contributed by atoms with van der Waals surface area (Å²) < 4.78 is 37.1. The number of rotatable bonds is 7. The minimum atomic E-state index is -3.54. The summed E-state index contributed by atoms with van der Waals surface area (Å²) in [5.74, 6) is 1.40. The standard InChI is InChI=1S/C18H23NO4S/c1-14-5-6-15(2)18(13-14)23-12-11-19(3)24(20,21)17-9-7-16(22-4)8-10-17/h5-10,13H,11-12H2,1-4H3. The van der Waals surface area contributed by atoms with Gasteiger partial charge in [-0.25, -0.2) is 8.42 Å². The van der Waals surface area contributed by atoms with Crippen LogP contribution in [-0.2, 0) is 10.0 Å². The normalized spacial score (nSPS) is 11.5. The molecule has 0 bridgehead atoms. The van der Waals surface area contributed by atoms with Crippen LogP contribution in [0.25, 0.3) is 0 Å². The summed E-state index contributed by atoms with van der Waals surface area (Å²) in [5, 5.41) is 0. The fourth-order valence-electron chi connectivity index (χ4n) is 2.19. The van der Waals surface area contributed by atoms with E-state index in [1.165, 1.54) is 16.4 Å². The lowest BCUT2D eigenvalue weighted by atomic mass is 10.1. The van der Waals surface area contributed by atoms with Gasteiger partial charge in [-0.3, -0.25) is 0 Å². The number of aryl methyl sites for hydroxylation is 2. The highest BCUT2D eigenvalue weighted by molar-refractivity contribution is 7.89. The van der Waals surface area contributed by atoms with E-state index in [2.05, 4.69) is 0 Å². The van der Waals surface area contributed by atoms with Gasteiger partial charge in [0.05, 0.1) is 12.0 Å². The van der Waals surface area contributed by atoms with E-state index in [4.69, 9.17) is 9.47 Å². The molecule has 0 saturated carbocycles. The van der Waals surface area contributed by atoms with Gasteiger partial charge in [-0.15, -0.1) is 0 Å². The van der Waals surface area contributed by atoms with Crippen LogP contribution in [0.3, 0.4) is 0 Å². The highest BCUT2D eigenvalue weighted by Gasteiger charge is 2.20. The van der Waals surface area contributed by atoms with Crippen LogP contribution in [0.2, 0.25) is 0 Å². The van der Waals surface area contributed by atoms with Crippen molar-refractivity contribution in [1.82, 2.24) is 4.31 Å². The number of nitrogens with zero attached hydrogens (tertiary/aromatic N) is 1. The van der Waals surface area contributed by atoms with Crippen LogP contribution >= 0.6 is 0 Å². The lowest BCUT2D eigenvalue weighted by Gasteiger charge is -2.18. The third kappa shape index (κ3) is 4.27. The van der Waals surface area contributed by atoms with Gasteiger partial charge in [-0.05, 0) is 55.3 Å². The average molecular weight is 349 g/mol. The number of sulfonamides is 1. The summed E-state index contributed by atoms with van der Waals surface area (Å²) >= 11 is 0. The van der Waals surface area contributed by atoms with Gasteiger partial charge in [0, 0.05) is 13.6 Å². The second-order valence-corrected chi connectivity index (χ2v) is 7.66. The van der Waals surface area contributed by atoms with Gasteiger partial charge in [-0.2, -0.15) is 4.31 Å². The van der Waals surface area contributed by atoms with E-state index in [0.29, 0.717) is 5.75 Å². The summed E-state index contributed by atoms with van der Waals surface area (Å²) in [5.41, 5.74) is 2.14. The predicted octanol–water partition coefficient (Wildman–Crippen LogP) is 3.01. The van der Waals surface area contributed by atoms with Crippen molar-refractivity contribution in [2.45, 2.75) is 18.7 Å². The molecule has 0 heterocycles. The van der Waals surface area contributed by atoms with E-state index in [1.54, 1.807) is 26.3 Å². The molecule has 0 aliphatic carbocycles. The van der Waals surface area contributed by atoms with E-state index < -0.39 is 10.0 Å². The first-order chi connectivity index (χ1) is 11.3. The minimum absolute atomic E-state index is 0.234. The SMILES string of the molecule is COc1ccc(S(=O)(=O)N(C)CCOc2cc(C)ccc2C)cc1. The second kappa shape index (κ2) is 7.68. The van der Waals surface area contributed by atoms with Crippen molar-refractivity contribution in [2.24, 2.45) is 0 Å². The van der Waals surface area contributed by atoms with Gasteiger partial charge < -0.3 is 9.47 Å². The van der Waals surface area contributed by atoms with Crippen LogP contribution in [0.15, 0.2) is 47.4 Å². The van der Waals surface area contributed by atoms with Gasteiger partial charge in [-0.1, -0.05) is 12.1 Å². The molecule has 0 unspecified atom stereocenters. The van der Waals surface area contributed by atoms with E-state index >= 15 is 0 Å². The number of benzene rings is 2. The van der Waals surface area contributed by atoms with Crippen LogP contribution in [0.4, 0.5) is 0 Å². The molecule has 0 aliphatic rings. The summed E-state index contributed by atoms with van der Waals surface area (Å²) in [6.45, 7) is 4.51. The fraction of sp³-hybridized carbons (Fsp3) is 0.333. The number of ether oxygens (including phenoxy) is 2. The van der Waals surface area contributed by atoms with Crippen LogP contribution < -0.4 is 9.47 Å². The number of methoxy groups -OCH3 is 1. The highest BCUT2D eigenvalue weighted by atomic mass is 32.2. The Balaban J connectivity index is 2.00. The summed E-state index contributed by atoms with van der Waals surface area (Å²) in [6, 6.07) is 12.3. The molecular weight excluding hydrogens is 326 g/mol. The Kier molecular flexibility index (Phi) is 5.85. The van der Waals surface area contributed by atoms with Crippen LogP contribution in [0, 0.1) is 13.8 Å².